The van der Waals surface area contributed by atoms with Gasteiger partial charge in [-0.2, -0.15) is 0 Å². The lowest BCUT2D eigenvalue weighted by Gasteiger charge is -2.39. The fraction of sp³-hybridized carbons (Fsp3) is 0.353. The number of aliphatic hydroxyl groups excluding tert-OH is 3. The fourth-order valence-corrected chi connectivity index (χ4v) is 6.05. The molecule has 0 aromatic heterocycles. The topological polar surface area (TPSA) is 286 Å². The molecule has 9 N–H and O–H groups in total. The Morgan fingerprint density at radius 3 is 2.42 bits per heavy atom. The summed E-state index contributed by atoms with van der Waals surface area (Å²) in [6.45, 7) is -0.639. The smallest absolute Gasteiger partial charge is 0.351 e. The van der Waals surface area contributed by atoms with Crippen LogP contribution in [0.4, 0.5) is 5.69 Å². The number of benzene rings is 2. The zero-order chi connectivity index (χ0) is 37.9. The minimum absolute atomic E-state index is 0.0520. The van der Waals surface area contributed by atoms with Crippen LogP contribution in [0.1, 0.15) is 17.5 Å². The lowest BCUT2D eigenvalue weighted by Crippen LogP contribution is -3.11. The molecular weight excluding hydrogens is 692 g/mol. The number of phenolic OH excluding ortho intramolecular Hbond substituents is 2. The van der Waals surface area contributed by atoms with Crippen LogP contribution < -0.4 is 24.8 Å². The Hall–Kier alpha value is -5.66. The molecule has 18 nitrogen and oxygen atoms in total. The van der Waals surface area contributed by atoms with Crippen LogP contribution in [-0.2, 0) is 35.1 Å². The second kappa shape index (κ2) is 15.7. The zero-order valence-corrected chi connectivity index (χ0v) is 27.4. The maximum Gasteiger partial charge on any atom is 0.351 e. The van der Waals surface area contributed by atoms with Gasteiger partial charge < -0.3 is 69.9 Å². The van der Waals surface area contributed by atoms with Crippen molar-refractivity contribution < 1.29 is 83.9 Å². The number of carbonyl (C=O) groups excluding carboxylic acids is 2. The first-order chi connectivity index (χ1) is 24.7. The Kier molecular flexibility index (Phi) is 11.4. The highest BCUT2D eigenvalue weighted by Crippen LogP contribution is 2.36. The molecule has 0 amide bonds. The largest absolute Gasteiger partial charge is 0.544 e. The third kappa shape index (κ3) is 8.27. The van der Waals surface area contributed by atoms with Gasteiger partial charge in [-0.1, -0.05) is 6.07 Å². The summed E-state index contributed by atoms with van der Waals surface area (Å²) < 4.78 is 21.4. The highest BCUT2D eigenvalue weighted by molar-refractivity contribution is 5.89. The normalized spacial score (nSPS) is 27.7. The average molecular weight is 729 g/mol. The predicted molar refractivity (Wildman–Crippen MR) is 171 cm³/mol. The van der Waals surface area contributed by atoms with Gasteiger partial charge in [-0.3, -0.25) is 4.90 Å². The van der Waals surface area contributed by atoms with Crippen molar-refractivity contribution in [1.29, 1.82) is 0 Å². The molecule has 5 rings (SSSR count). The van der Waals surface area contributed by atoms with E-state index in [1.54, 1.807) is 0 Å². The Labute approximate surface area is 294 Å². The van der Waals surface area contributed by atoms with E-state index in [2.05, 4.69) is 5.32 Å². The van der Waals surface area contributed by atoms with E-state index in [-0.39, 0.29) is 42.3 Å². The number of aromatic hydroxyl groups is 2. The highest BCUT2D eigenvalue weighted by atomic mass is 16.7. The summed E-state index contributed by atoms with van der Waals surface area (Å²) >= 11 is 0. The molecule has 0 aliphatic carbocycles. The standard InChI is InChI=1S/C34H36N2O16/c1-49-24-10-15(2-4-22(24)37)3-5-27(39)50-14-26-28(40)29(41)30(42)34(52-26)51-25-12-17-11-21(33(47)48)36(20(17)13-23(25)38)7-6-16-8-18(31(43)44)35-19(9-16)32(45)46/h2-6,8,10,12-13,19,21,26,28-30,34-35,37-38,40-42H,7,9,11,14H2,1H3,(H,43,44)(H,45,46)(H,47,48)/t19-,21-,26+,28+,29-,30+,34+/m0/s1. The number of phenols is 2. The Morgan fingerprint density at radius 1 is 1.00 bits per heavy atom. The quantitative estimate of drug-likeness (QED) is 0.0782. The van der Waals surface area contributed by atoms with E-state index >= 15 is 0 Å². The molecule has 2 aromatic carbocycles. The Balaban J connectivity index is 1.28. The van der Waals surface area contributed by atoms with Crippen LogP contribution in [0.15, 0.2) is 59.8 Å². The second-order valence-electron chi connectivity index (χ2n) is 12.2. The van der Waals surface area contributed by atoms with E-state index in [0.29, 0.717) is 27.3 Å². The number of carboxylic acids is 3. The van der Waals surface area contributed by atoms with E-state index in [9.17, 15) is 60.0 Å². The predicted octanol–water partition coefficient (Wildman–Crippen LogP) is -2.92. The van der Waals surface area contributed by atoms with Gasteiger partial charge in [-0.05, 0) is 47.6 Å². The van der Waals surface area contributed by atoms with Crippen molar-refractivity contribution in [2.75, 3.05) is 20.3 Å². The van der Waals surface area contributed by atoms with Gasteiger partial charge in [-0.25, -0.2) is 14.4 Å². The molecule has 3 aliphatic heterocycles. The van der Waals surface area contributed by atoms with Crippen LogP contribution in [0.2, 0.25) is 0 Å². The number of hydrogen-bond acceptors (Lipinski definition) is 15. The zero-order valence-electron chi connectivity index (χ0n) is 27.4. The summed E-state index contributed by atoms with van der Waals surface area (Å²) in [5.41, 5.74) is 1.21. The number of methoxy groups -OCH3 is 1. The minimum atomic E-state index is -1.84. The van der Waals surface area contributed by atoms with Gasteiger partial charge >= 0.3 is 17.9 Å². The van der Waals surface area contributed by atoms with Crippen LogP contribution in [-0.4, -0.2) is 123 Å². The monoisotopic (exact) mass is 728 g/mol. The summed E-state index contributed by atoms with van der Waals surface area (Å²) in [6, 6.07) is 4.50. The molecular formula is C34H36N2O16. The van der Waals surface area contributed by atoms with Crippen LogP contribution in [0, 0.1) is 0 Å². The first-order valence-electron chi connectivity index (χ1n) is 15.8. The van der Waals surface area contributed by atoms with E-state index in [1.165, 1.54) is 55.7 Å². The summed E-state index contributed by atoms with van der Waals surface area (Å²) in [5.74, 6) is -5.65. The maximum absolute atomic E-state index is 12.4. The minimum Gasteiger partial charge on any atom is -0.544 e. The first kappa shape index (κ1) is 37.6. The van der Waals surface area contributed by atoms with Gasteiger partial charge in [0.15, 0.2) is 23.0 Å². The molecule has 52 heavy (non-hydrogen) atoms. The number of aliphatic hydroxyl groups is 3. The van der Waals surface area contributed by atoms with Crippen LogP contribution in [0.5, 0.6) is 23.0 Å². The van der Waals surface area contributed by atoms with Crippen molar-refractivity contribution in [2.24, 2.45) is 0 Å². The number of carboxylic acid groups (broad SMARTS) is 3. The van der Waals surface area contributed by atoms with Gasteiger partial charge in [-0.15, -0.1) is 0 Å². The summed E-state index contributed by atoms with van der Waals surface area (Å²) in [5, 5.41) is 85.5. The molecule has 0 bridgehead atoms. The Bertz CT molecular complexity index is 1820. The van der Waals surface area contributed by atoms with Crippen molar-refractivity contribution in [1.82, 2.24) is 5.32 Å². The molecule has 278 valence electrons. The number of esters is 1. The molecule has 3 heterocycles. The van der Waals surface area contributed by atoms with Gasteiger partial charge in [0.05, 0.1) is 7.11 Å². The van der Waals surface area contributed by atoms with E-state index < -0.39 is 79.0 Å². The number of aliphatic carboxylic acids is 3. The van der Waals surface area contributed by atoms with Crippen molar-refractivity contribution in [3.8, 4) is 23.0 Å². The molecule has 1 unspecified atom stereocenters. The van der Waals surface area contributed by atoms with Crippen molar-refractivity contribution >= 4 is 35.6 Å². The molecule has 0 radical (unpaired) electrons. The van der Waals surface area contributed by atoms with E-state index in [4.69, 9.17) is 18.9 Å². The van der Waals surface area contributed by atoms with E-state index in [0.717, 1.165) is 6.08 Å². The lowest BCUT2D eigenvalue weighted by molar-refractivity contribution is -0.840. The highest BCUT2D eigenvalue weighted by Gasteiger charge is 2.46. The number of nitrogens with one attached hydrogen (secondary N) is 2. The summed E-state index contributed by atoms with van der Waals surface area (Å²) in [6.07, 6.45) is -3.46. The van der Waals surface area contributed by atoms with Gasteiger partial charge in [0, 0.05) is 30.5 Å². The number of rotatable bonds is 12. The van der Waals surface area contributed by atoms with Crippen molar-refractivity contribution in [2.45, 2.75) is 55.6 Å². The molecule has 0 saturated carbocycles. The third-order valence-electron chi connectivity index (χ3n) is 8.79. The van der Waals surface area contributed by atoms with Crippen LogP contribution >= 0.6 is 0 Å². The molecule has 3 aliphatic rings. The first-order valence-corrected chi connectivity index (χ1v) is 15.8. The number of ether oxygens (including phenoxy) is 4. The van der Waals surface area contributed by atoms with Crippen LogP contribution in [0.3, 0.4) is 0 Å². The van der Waals surface area contributed by atoms with Gasteiger partial charge in [0.2, 0.25) is 6.29 Å². The number of allylic oxidation sites excluding steroid dienone is 1. The SMILES string of the molecule is COc1cc(C=CC(=O)OC[C@H]2O[C@@H](Oc3cc4c(cc3O)[NH+](CC=C3C=C(C(=O)O)N[C@H](C(=O)O)C3)[C@H](C(=O)[O-])C4)[C@H](O)[C@@H](O)[C@@H]2O)ccc1O. The lowest BCUT2D eigenvalue weighted by atomic mass is 9.99. The number of hydrogen-bond donors (Lipinski definition) is 9. The molecule has 18 heteroatoms. The third-order valence-corrected chi connectivity index (χ3v) is 8.79. The number of fused-ring (bicyclic) bond motifs is 1. The van der Waals surface area contributed by atoms with Gasteiger partial charge in [0.1, 0.15) is 67.0 Å². The summed E-state index contributed by atoms with van der Waals surface area (Å²) in [7, 11) is 1.36. The summed E-state index contributed by atoms with van der Waals surface area (Å²) in [4.78, 5) is 47.9. The molecule has 0 spiro atoms. The molecule has 1 fully saturated rings. The van der Waals surface area contributed by atoms with Crippen LogP contribution in [0.25, 0.3) is 6.08 Å². The van der Waals surface area contributed by atoms with Gasteiger partial charge in [0.25, 0.3) is 0 Å². The maximum atomic E-state index is 12.4. The number of quaternary nitrogens is 1. The van der Waals surface area contributed by atoms with Crippen molar-refractivity contribution in [3.63, 3.8) is 0 Å². The average Bonchev–Trinajstić information content (AvgIpc) is 3.47. The number of carbonyl (C=O) groups is 4. The fourth-order valence-electron chi connectivity index (χ4n) is 6.05. The molecule has 1 saturated heterocycles. The second-order valence-corrected chi connectivity index (χ2v) is 12.2. The van der Waals surface area contributed by atoms with Crippen molar-refractivity contribution in [3.05, 3.63) is 71.0 Å². The van der Waals surface area contributed by atoms with E-state index in [1.807, 2.05) is 0 Å². The molecule has 8 atom stereocenters. The molecule has 2 aromatic rings. The Morgan fingerprint density at radius 2 is 1.75 bits per heavy atom.